The molecule has 0 aliphatic heterocycles. The number of nitrogens with one attached hydrogen (secondary N) is 3. The molecular weight excluding hydrogens is 321 g/mol. The molecule has 1 aromatic heterocycles. The zero-order valence-corrected chi connectivity index (χ0v) is 12.5. The third-order valence-corrected chi connectivity index (χ3v) is 4.38. The summed E-state index contributed by atoms with van der Waals surface area (Å²) in [6, 6.07) is 3.02. The number of benzene rings is 1. The molecule has 1 aromatic carbocycles. The molecule has 0 bridgehead atoms. The van der Waals surface area contributed by atoms with Crippen LogP contribution in [0.2, 0.25) is 5.02 Å². The molecule has 0 saturated heterocycles. The molecule has 10 heteroatoms. The SMILES string of the molecule is CC(NCc1cc(Cl)cc2[nH]c(=O)c(=O)[nH]c12)P(=O)(O)O. The Labute approximate surface area is 123 Å². The van der Waals surface area contributed by atoms with Gasteiger partial charge in [-0.25, -0.2) is 0 Å². The number of halogens is 1. The van der Waals surface area contributed by atoms with E-state index in [0.717, 1.165) is 0 Å². The number of hydrogen-bond acceptors (Lipinski definition) is 4. The van der Waals surface area contributed by atoms with E-state index in [4.69, 9.17) is 21.4 Å². The summed E-state index contributed by atoms with van der Waals surface area (Å²) in [6.45, 7) is 1.41. The third kappa shape index (κ3) is 3.61. The van der Waals surface area contributed by atoms with Gasteiger partial charge in [0.1, 0.15) is 5.78 Å². The highest BCUT2D eigenvalue weighted by molar-refractivity contribution is 7.52. The summed E-state index contributed by atoms with van der Waals surface area (Å²) in [4.78, 5) is 45.6. The van der Waals surface area contributed by atoms with Gasteiger partial charge in [-0.05, 0) is 24.6 Å². The van der Waals surface area contributed by atoms with Crippen LogP contribution in [0.15, 0.2) is 21.7 Å². The third-order valence-electron chi connectivity index (χ3n) is 2.97. The van der Waals surface area contributed by atoms with Crippen LogP contribution in [0.3, 0.4) is 0 Å². The molecule has 21 heavy (non-hydrogen) atoms. The van der Waals surface area contributed by atoms with Gasteiger partial charge in [0.2, 0.25) is 0 Å². The molecule has 2 aromatic rings. The second-order valence-electron chi connectivity index (χ2n) is 4.54. The molecular formula is C11H13ClN3O5P. The first-order chi connectivity index (χ1) is 9.68. The molecule has 114 valence electrons. The molecule has 1 heterocycles. The summed E-state index contributed by atoms with van der Waals surface area (Å²) in [7, 11) is -4.26. The first-order valence-electron chi connectivity index (χ1n) is 5.92. The molecule has 0 fully saturated rings. The van der Waals surface area contributed by atoms with Crippen molar-refractivity contribution in [2.45, 2.75) is 19.3 Å². The summed E-state index contributed by atoms with van der Waals surface area (Å²) in [5, 5.41) is 2.98. The fraction of sp³-hybridized carbons (Fsp3) is 0.273. The van der Waals surface area contributed by atoms with Crippen molar-refractivity contribution in [2.75, 3.05) is 0 Å². The van der Waals surface area contributed by atoms with Crippen LogP contribution < -0.4 is 16.4 Å². The van der Waals surface area contributed by atoms with Gasteiger partial charge in [-0.1, -0.05) is 11.6 Å². The topological polar surface area (TPSA) is 135 Å². The van der Waals surface area contributed by atoms with E-state index >= 15 is 0 Å². The molecule has 8 nitrogen and oxygen atoms in total. The van der Waals surface area contributed by atoms with Crippen LogP contribution in [-0.4, -0.2) is 25.5 Å². The molecule has 1 atom stereocenters. The predicted octanol–water partition coefficient (Wildman–Crippen LogP) is 0.483. The Bertz CT molecular complexity index is 840. The van der Waals surface area contributed by atoms with E-state index < -0.39 is 24.5 Å². The lowest BCUT2D eigenvalue weighted by Gasteiger charge is -2.16. The molecule has 1 unspecified atom stereocenters. The second-order valence-corrected chi connectivity index (χ2v) is 6.93. The molecule has 0 spiro atoms. The van der Waals surface area contributed by atoms with Crippen molar-refractivity contribution in [1.82, 2.24) is 15.3 Å². The Kier molecular flexibility index (Phi) is 4.36. The fourth-order valence-corrected chi connectivity index (χ4v) is 2.34. The number of aromatic nitrogens is 2. The highest BCUT2D eigenvalue weighted by Crippen LogP contribution is 2.39. The van der Waals surface area contributed by atoms with Gasteiger partial charge in [0.05, 0.1) is 11.0 Å². The minimum absolute atomic E-state index is 0.0608. The minimum Gasteiger partial charge on any atom is -0.323 e. The summed E-state index contributed by atoms with van der Waals surface area (Å²) in [5.41, 5.74) is -0.408. The van der Waals surface area contributed by atoms with E-state index in [1.165, 1.54) is 19.1 Å². The smallest absolute Gasteiger partial charge is 0.323 e. The Morgan fingerprint density at radius 3 is 2.52 bits per heavy atom. The quantitative estimate of drug-likeness (QED) is 0.408. The summed E-state index contributed by atoms with van der Waals surface area (Å²) in [5.74, 6) is -1.05. The van der Waals surface area contributed by atoms with E-state index in [2.05, 4.69) is 15.3 Å². The Morgan fingerprint density at radius 1 is 1.29 bits per heavy atom. The summed E-state index contributed by atoms with van der Waals surface area (Å²) >= 11 is 5.93. The van der Waals surface area contributed by atoms with E-state index in [1.54, 1.807) is 0 Å². The van der Waals surface area contributed by atoms with Crippen LogP contribution in [0.4, 0.5) is 0 Å². The van der Waals surface area contributed by atoms with Crippen molar-refractivity contribution in [3.8, 4) is 0 Å². The zero-order chi connectivity index (χ0) is 15.8. The van der Waals surface area contributed by atoms with Crippen LogP contribution in [0.5, 0.6) is 0 Å². The van der Waals surface area contributed by atoms with Crippen LogP contribution in [-0.2, 0) is 11.1 Å². The monoisotopic (exact) mass is 333 g/mol. The Hall–Kier alpha value is -1.44. The maximum atomic E-state index is 11.4. The van der Waals surface area contributed by atoms with Crippen molar-refractivity contribution in [1.29, 1.82) is 0 Å². The highest BCUT2D eigenvalue weighted by Gasteiger charge is 2.23. The van der Waals surface area contributed by atoms with Gasteiger partial charge in [-0.3, -0.25) is 19.5 Å². The van der Waals surface area contributed by atoms with Gasteiger partial charge in [0.15, 0.2) is 0 Å². The maximum absolute atomic E-state index is 11.4. The van der Waals surface area contributed by atoms with Gasteiger partial charge in [0, 0.05) is 11.6 Å². The van der Waals surface area contributed by atoms with Crippen LogP contribution in [0, 0.1) is 0 Å². The molecule has 5 N–H and O–H groups in total. The normalized spacial score (nSPS) is 13.5. The molecule has 0 aliphatic rings. The van der Waals surface area contributed by atoms with Crippen LogP contribution in [0.1, 0.15) is 12.5 Å². The van der Waals surface area contributed by atoms with Crippen molar-refractivity contribution in [3.63, 3.8) is 0 Å². The van der Waals surface area contributed by atoms with Gasteiger partial charge in [-0.2, -0.15) is 0 Å². The van der Waals surface area contributed by atoms with E-state index in [0.29, 0.717) is 21.6 Å². The molecule has 2 rings (SSSR count). The maximum Gasteiger partial charge on any atom is 0.342 e. The molecule has 0 radical (unpaired) electrons. The van der Waals surface area contributed by atoms with Crippen molar-refractivity contribution in [3.05, 3.63) is 43.4 Å². The number of rotatable bonds is 4. The Balaban J connectivity index is 2.44. The van der Waals surface area contributed by atoms with Crippen molar-refractivity contribution < 1.29 is 14.4 Å². The van der Waals surface area contributed by atoms with Gasteiger partial charge >= 0.3 is 18.7 Å². The Morgan fingerprint density at radius 2 is 1.90 bits per heavy atom. The molecule has 0 aliphatic carbocycles. The lowest BCUT2D eigenvalue weighted by Crippen LogP contribution is -2.30. The molecule has 0 amide bonds. The van der Waals surface area contributed by atoms with E-state index in [9.17, 15) is 14.2 Å². The van der Waals surface area contributed by atoms with Crippen molar-refractivity contribution >= 4 is 30.2 Å². The number of fused-ring (bicyclic) bond motifs is 1. The lowest BCUT2D eigenvalue weighted by molar-refractivity contribution is 0.350. The highest BCUT2D eigenvalue weighted by atomic mass is 35.5. The average molecular weight is 334 g/mol. The zero-order valence-electron chi connectivity index (χ0n) is 10.9. The largest absolute Gasteiger partial charge is 0.342 e. The van der Waals surface area contributed by atoms with Crippen LogP contribution >= 0.6 is 19.2 Å². The van der Waals surface area contributed by atoms with Gasteiger partial charge < -0.3 is 19.8 Å². The van der Waals surface area contributed by atoms with E-state index in [-0.39, 0.29) is 6.54 Å². The van der Waals surface area contributed by atoms with Gasteiger partial charge in [-0.15, -0.1) is 0 Å². The lowest BCUT2D eigenvalue weighted by atomic mass is 10.1. The second kappa shape index (κ2) is 5.75. The standard InChI is InChI=1S/C11H13ClN3O5P/c1-5(21(18,19)20)13-4-6-2-7(12)3-8-9(6)15-11(17)10(16)14-8/h2-3,5,13H,4H2,1H3,(H,14,16)(H,15,17)(H2,18,19,20). The fourth-order valence-electron chi connectivity index (χ4n) is 1.77. The number of H-pyrrole nitrogens is 2. The van der Waals surface area contributed by atoms with Crippen molar-refractivity contribution in [2.24, 2.45) is 0 Å². The van der Waals surface area contributed by atoms with E-state index in [1.807, 2.05) is 0 Å². The average Bonchev–Trinajstić information content (AvgIpc) is 2.36. The summed E-state index contributed by atoms with van der Waals surface area (Å²) in [6.07, 6.45) is 0. The first-order valence-corrected chi connectivity index (χ1v) is 7.98. The van der Waals surface area contributed by atoms with Gasteiger partial charge in [0.25, 0.3) is 0 Å². The first kappa shape index (κ1) is 15.9. The predicted molar refractivity (Wildman–Crippen MR) is 78.5 cm³/mol. The van der Waals surface area contributed by atoms with Crippen LogP contribution in [0.25, 0.3) is 11.0 Å². The number of hydrogen-bond donors (Lipinski definition) is 5. The minimum atomic E-state index is -4.26. The number of aromatic amines is 2. The molecule has 0 saturated carbocycles. The summed E-state index contributed by atoms with van der Waals surface area (Å²) < 4.78 is 11.1.